The molecule has 1 fully saturated rings. The number of hydrogen-bond donors (Lipinski definition) is 1. The van der Waals surface area contributed by atoms with E-state index in [1.165, 1.54) is 12.1 Å². The predicted molar refractivity (Wildman–Crippen MR) is 60.9 cm³/mol. The van der Waals surface area contributed by atoms with E-state index in [0.29, 0.717) is 6.61 Å². The number of hydrogen-bond acceptors (Lipinski definition) is 5. The Kier molecular flexibility index (Phi) is 3.75. The minimum Gasteiger partial charge on any atom is -0.491 e. The van der Waals surface area contributed by atoms with Crippen molar-refractivity contribution in [1.82, 2.24) is 0 Å². The van der Waals surface area contributed by atoms with Crippen LogP contribution in [0.2, 0.25) is 0 Å². The standard InChI is InChI=1S/C11H12F2O5S/c12-11(13,7-14)19(15,16)10-3-1-2-8(4-10)17-5-9-6-18-9/h1-4,9,14H,5-7H2. The van der Waals surface area contributed by atoms with Crippen molar-refractivity contribution in [2.75, 3.05) is 19.8 Å². The fraction of sp³-hybridized carbons (Fsp3) is 0.455. The van der Waals surface area contributed by atoms with Gasteiger partial charge in [-0.25, -0.2) is 8.42 Å². The van der Waals surface area contributed by atoms with Gasteiger partial charge in [-0.2, -0.15) is 8.78 Å². The minimum atomic E-state index is -4.93. The monoisotopic (exact) mass is 294 g/mol. The molecule has 1 aromatic carbocycles. The maximum absolute atomic E-state index is 13.2. The van der Waals surface area contributed by atoms with E-state index >= 15 is 0 Å². The zero-order chi connectivity index (χ0) is 14.1. The molecule has 1 aromatic rings. The van der Waals surface area contributed by atoms with Gasteiger partial charge in [0.25, 0.3) is 0 Å². The van der Waals surface area contributed by atoms with Crippen LogP contribution in [-0.4, -0.2) is 44.7 Å². The SMILES string of the molecule is O=S(=O)(c1cccc(OCC2CO2)c1)C(F)(F)CO. The summed E-state index contributed by atoms with van der Waals surface area (Å²) in [6.07, 6.45) is -0.0286. The summed E-state index contributed by atoms with van der Waals surface area (Å²) in [6, 6.07) is 4.78. The van der Waals surface area contributed by atoms with Crippen LogP contribution in [-0.2, 0) is 14.6 Å². The molecule has 1 unspecified atom stereocenters. The molecule has 106 valence electrons. The highest BCUT2D eigenvalue weighted by Crippen LogP contribution is 2.30. The van der Waals surface area contributed by atoms with Crippen molar-refractivity contribution in [1.29, 1.82) is 0 Å². The summed E-state index contributed by atoms with van der Waals surface area (Å²) in [6.45, 7) is -0.962. The third-order valence-corrected chi connectivity index (χ3v) is 4.32. The van der Waals surface area contributed by atoms with Gasteiger partial charge in [-0.1, -0.05) is 6.07 Å². The summed E-state index contributed by atoms with van der Waals surface area (Å²) in [5.41, 5.74) is 0. The summed E-state index contributed by atoms with van der Waals surface area (Å²) in [5, 5.41) is 4.25. The van der Waals surface area contributed by atoms with Crippen LogP contribution in [0, 0.1) is 0 Å². The highest BCUT2D eigenvalue weighted by molar-refractivity contribution is 7.92. The number of epoxide rings is 1. The van der Waals surface area contributed by atoms with Crippen LogP contribution in [0.1, 0.15) is 0 Å². The first-order valence-corrected chi connectivity index (χ1v) is 6.93. The Labute approximate surface area is 108 Å². The molecule has 19 heavy (non-hydrogen) atoms. The number of ether oxygens (including phenoxy) is 2. The normalized spacial score (nSPS) is 19.2. The molecule has 1 heterocycles. The van der Waals surface area contributed by atoms with Crippen molar-refractivity contribution in [2.45, 2.75) is 16.3 Å². The molecule has 0 radical (unpaired) electrons. The molecule has 0 spiro atoms. The number of aliphatic hydroxyl groups is 1. The van der Waals surface area contributed by atoms with E-state index in [4.69, 9.17) is 14.6 Å². The molecule has 1 aliphatic heterocycles. The zero-order valence-corrected chi connectivity index (χ0v) is 10.6. The first kappa shape index (κ1) is 14.2. The van der Waals surface area contributed by atoms with E-state index in [1.54, 1.807) is 0 Å². The van der Waals surface area contributed by atoms with Crippen molar-refractivity contribution in [3.05, 3.63) is 24.3 Å². The van der Waals surface area contributed by atoms with E-state index < -0.39 is 26.6 Å². The van der Waals surface area contributed by atoms with E-state index in [9.17, 15) is 17.2 Å². The van der Waals surface area contributed by atoms with E-state index in [1.807, 2.05) is 0 Å². The number of alkyl halides is 2. The molecule has 1 N–H and O–H groups in total. The lowest BCUT2D eigenvalue weighted by atomic mass is 10.3. The molecular formula is C11H12F2O5S. The van der Waals surface area contributed by atoms with Crippen molar-refractivity contribution in [2.24, 2.45) is 0 Å². The van der Waals surface area contributed by atoms with Crippen molar-refractivity contribution >= 4 is 9.84 Å². The van der Waals surface area contributed by atoms with Gasteiger partial charge in [-0.15, -0.1) is 0 Å². The first-order valence-electron chi connectivity index (χ1n) is 5.44. The molecule has 0 aliphatic carbocycles. The third-order valence-electron chi connectivity index (χ3n) is 2.53. The number of aliphatic hydroxyl groups excluding tert-OH is 1. The molecule has 0 saturated carbocycles. The minimum absolute atomic E-state index is 0.0286. The second kappa shape index (κ2) is 5.03. The highest BCUT2D eigenvalue weighted by atomic mass is 32.2. The van der Waals surface area contributed by atoms with Gasteiger partial charge >= 0.3 is 5.25 Å². The third kappa shape index (κ3) is 3.02. The van der Waals surface area contributed by atoms with E-state index in [-0.39, 0.29) is 18.5 Å². The number of halogens is 2. The second-order valence-electron chi connectivity index (χ2n) is 4.04. The number of benzene rings is 1. The maximum Gasteiger partial charge on any atom is 0.372 e. The van der Waals surface area contributed by atoms with Crippen LogP contribution in [0.25, 0.3) is 0 Å². The molecule has 1 aliphatic rings. The van der Waals surface area contributed by atoms with Crippen molar-refractivity contribution < 1.29 is 31.8 Å². The predicted octanol–water partition coefficient (Wildman–Crippen LogP) is 0.823. The van der Waals surface area contributed by atoms with Gasteiger partial charge in [-0.05, 0) is 18.2 Å². The van der Waals surface area contributed by atoms with Crippen LogP contribution < -0.4 is 4.74 Å². The maximum atomic E-state index is 13.2. The van der Waals surface area contributed by atoms with E-state index in [0.717, 1.165) is 12.1 Å². The molecule has 0 bridgehead atoms. The lowest BCUT2D eigenvalue weighted by Gasteiger charge is -2.14. The molecular weight excluding hydrogens is 282 g/mol. The molecule has 1 atom stereocenters. The Balaban J connectivity index is 2.21. The van der Waals surface area contributed by atoms with Gasteiger partial charge in [-0.3, -0.25) is 0 Å². The first-order chi connectivity index (χ1) is 8.87. The molecule has 2 rings (SSSR count). The van der Waals surface area contributed by atoms with Gasteiger partial charge < -0.3 is 14.6 Å². The quantitative estimate of drug-likeness (QED) is 0.786. The molecule has 5 nitrogen and oxygen atoms in total. The van der Waals surface area contributed by atoms with Gasteiger partial charge in [0.05, 0.1) is 11.5 Å². The topological polar surface area (TPSA) is 76.1 Å². The van der Waals surface area contributed by atoms with Crippen LogP contribution in [0.4, 0.5) is 8.78 Å². The molecule has 0 amide bonds. The van der Waals surface area contributed by atoms with Gasteiger partial charge in [0.2, 0.25) is 9.84 Å². The van der Waals surface area contributed by atoms with Gasteiger partial charge in [0, 0.05) is 0 Å². The Hall–Kier alpha value is -1.25. The zero-order valence-electron chi connectivity index (χ0n) is 9.75. The summed E-state index contributed by atoms with van der Waals surface area (Å²) >= 11 is 0. The Morgan fingerprint density at radius 1 is 1.47 bits per heavy atom. The van der Waals surface area contributed by atoms with Crippen LogP contribution in [0.3, 0.4) is 0 Å². The molecule has 0 aromatic heterocycles. The molecule has 8 heteroatoms. The van der Waals surface area contributed by atoms with Crippen LogP contribution >= 0.6 is 0 Å². The number of sulfone groups is 1. The fourth-order valence-corrected chi connectivity index (χ4v) is 2.39. The summed E-state index contributed by atoms with van der Waals surface area (Å²) in [5.74, 6) is 0.158. The lowest BCUT2D eigenvalue weighted by molar-refractivity contribution is 0.0262. The van der Waals surface area contributed by atoms with Crippen LogP contribution in [0.5, 0.6) is 5.75 Å². The Morgan fingerprint density at radius 2 is 2.16 bits per heavy atom. The fourth-order valence-electron chi connectivity index (χ4n) is 1.34. The van der Waals surface area contributed by atoms with Crippen molar-refractivity contribution in [3.63, 3.8) is 0 Å². The second-order valence-corrected chi connectivity index (χ2v) is 6.12. The summed E-state index contributed by atoms with van der Waals surface area (Å²) in [4.78, 5) is -0.597. The summed E-state index contributed by atoms with van der Waals surface area (Å²) in [7, 11) is -4.93. The van der Waals surface area contributed by atoms with Crippen molar-refractivity contribution in [3.8, 4) is 5.75 Å². The van der Waals surface area contributed by atoms with E-state index in [2.05, 4.69) is 0 Å². The summed E-state index contributed by atoms with van der Waals surface area (Å²) < 4.78 is 59.7. The lowest BCUT2D eigenvalue weighted by Crippen LogP contribution is -2.32. The Morgan fingerprint density at radius 3 is 2.74 bits per heavy atom. The number of rotatable bonds is 6. The Bertz CT molecular complexity index is 554. The molecule has 1 saturated heterocycles. The van der Waals surface area contributed by atoms with Gasteiger partial charge in [0.1, 0.15) is 25.1 Å². The van der Waals surface area contributed by atoms with Gasteiger partial charge in [0.15, 0.2) is 0 Å². The smallest absolute Gasteiger partial charge is 0.372 e. The average Bonchev–Trinajstić information content (AvgIpc) is 3.20. The van der Waals surface area contributed by atoms with Crippen LogP contribution in [0.15, 0.2) is 29.2 Å². The highest BCUT2D eigenvalue weighted by Gasteiger charge is 2.45. The average molecular weight is 294 g/mol. The largest absolute Gasteiger partial charge is 0.491 e.